The van der Waals surface area contributed by atoms with Crippen molar-refractivity contribution in [1.82, 2.24) is 9.97 Å². The van der Waals surface area contributed by atoms with E-state index >= 15 is 0 Å². The summed E-state index contributed by atoms with van der Waals surface area (Å²) in [5.41, 5.74) is 1.98. The molecule has 0 saturated heterocycles. The van der Waals surface area contributed by atoms with Gasteiger partial charge in [0.15, 0.2) is 5.82 Å². The minimum absolute atomic E-state index is 0.0199. The third kappa shape index (κ3) is 5.16. The van der Waals surface area contributed by atoms with E-state index in [2.05, 4.69) is 15.3 Å². The molecule has 9 heteroatoms. The van der Waals surface area contributed by atoms with E-state index in [-0.39, 0.29) is 30.1 Å². The molecule has 6 nitrogen and oxygen atoms in total. The molecule has 4 bridgehead atoms. The summed E-state index contributed by atoms with van der Waals surface area (Å²) in [6.45, 7) is 2.18. The minimum atomic E-state index is -0.635. The number of nitrogens with one attached hydrogen (secondary N) is 2. The summed E-state index contributed by atoms with van der Waals surface area (Å²) >= 11 is 0. The number of benzene rings is 2. The molecule has 1 aliphatic rings. The lowest BCUT2D eigenvalue weighted by atomic mass is 10.1. The van der Waals surface area contributed by atoms with E-state index in [9.17, 15) is 8.78 Å². The van der Waals surface area contributed by atoms with Gasteiger partial charge in [0.1, 0.15) is 23.0 Å². The van der Waals surface area contributed by atoms with Crippen LogP contribution in [-0.4, -0.2) is 28.9 Å². The zero-order valence-electron chi connectivity index (χ0n) is 17.1. The first-order valence-electron chi connectivity index (χ1n) is 9.74. The van der Waals surface area contributed by atoms with Gasteiger partial charge in [0.05, 0.1) is 18.9 Å². The first-order valence-corrected chi connectivity index (χ1v) is 11.5. The van der Waals surface area contributed by atoms with E-state index in [1.807, 2.05) is 31.4 Å². The van der Waals surface area contributed by atoms with Crippen LogP contribution >= 0.6 is 0 Å². The van der Waals surface area contributed by atoms with Gasteiger partial charge in [0.2, 0.25) is 5.95 Å². The van der Waals surface area contributed by atoms with Gasteiger partial charge in [-0.1, -0.05) is 0 Å². The summed E-state index contributed by atoms with van der Waals surface area (Å²) < 4.78 is 48.2. The van der Waals surface area contributed by atoms with Crippen LogP contribution in [0.1, 0.15) is 18.9 Å². The third-order valence-corrected chi connectivity index (χ3v) is 5.43. The largest absolute Gasteiger partial charge is 0.493 e. The summed E-state index contributed by atoms with van der Waals surface area (Å²) in [5, 5.41) is 3.09. The first-order chi connectivity index (χ1) is 14.9. The molecule has 3 aromatic rings. The zero-order chi connectivity index (χ0) is 22.0. The smallest absolute Gasteiger partial charge is 0.227 e. The minimum Gasteiger partial charge on any atom is -0.493 e. The van der Waals surface area contributed by atoms with Crippen molar-refractivity contribution >= 4 is 22.3 Å². The predicted octanol–water partition coefficient (Wildman–Crippen LogP) is 5.23. The molecule has 0 amide bonds. The topological polar surface area (TPSA) is 80.1 Å². The maximum atomic E-state index is 14.6. The van der Waals surface area contributed by atoms with Crippen LogP contribution in [0.4, 0.5) is 20.4 Å². The summed E-state index contributed by atoms with van der Waals surface area (Å²) in [4.78, 5) is 8.35. The normalized spacial score (nSPS) is 16.7. The number of aromatic nitrogens is 2. The standard InChI is InChI=1S/C22H22F2N4O2S/c1-13-5-6-29-20-9-15(23)3-4-18(20)21-19(24)11-26-22(28-21)27-16-7-14(12-31(2)25)8-17(10-16)30-13/h3-4,7-11,13,25H,5-6,12H2,1-2H3,(H,26,27,28)/t13-,31-/m0/s1. The molecule has 0 saturated carbocycles. The van der Waals surface area contributed by atoms with Crippen LogP contribution < -0.4 is 14.8 Å². The molecule has 1 aliphatic heterocycles. The Labute approximate surface area is 181 Å². The van der Waals surface area contributed by atoms with E-state index in [0.717, 1.165) is 11.8 Å². The van der Waals surface area contributed by atoms with Crippen LogP contribution in [0.2, 0.25) is 0 Å². The van der Waals surface area contributed by atoms with Crippen LogP contribution in [0, 0.1) is 16.4 Å². The van der Waals surface area contributed by atoms with E-state index in [1.165, 1.54) is 18.2 Å². The summed E-state index contributed by atoms with van der Waals surface area (Å²) in [6, 6.07) is 9.54. The molecule has 0 aliphatic carbocycles. The number of hydrogen-bond acceptors (Lipinski definition) is 6. The molecule has 0 radical (unpaired) electrons. The van der Waals surface area contributed by atoms with Gasteiger partial charge in [-0.25, -0.2) is 18.7 Å². The molecular weight excluding hydrogens is 422 g/mol. The molecule has 0 unspecified atom stereocenters. The summed E-state index contributed by atoms with van der Waals surface area (Å²) in [5.74, 6) is 0.495. The third-order valence-electron chi connectivity index (χ3n) is 4.67. The molecule has 2 aromatic carbocycles. The Hall–Kier alpha value is -3.07. The Morgan fingerprint density at radius 2 is 2.06 bits per heavy atom. The summed E-state index contributed by atoms with van der Waals surface area (Å²) in [7, 11) is -0.536. The Bertz CT molecular complexity index is 1140. The van der Waals surface area contributed by atoms with Gasteiger partial charge < -0.3 is 14.8 Å². The van der Waals surface area contributed by atoms with Crippen LogP contribution in [0.3, 0.4) is 0 Å². The lowest BCUT2D eigenvalue weighted by molar-refractivity contribution is 0.177. The van der Waals surface area contributed by atoms with Gasteiger partial charge in [-0.2, -0.15) is 0 Å². The molecule has 0 fully saturated rings. The highest BCUT2D eigenvalue weighted by Gasteiger charge is 2.17. The van der Waals surface area contributed by atoms with E-state index < -0.39 is 22.3 Å². The van der Waals surface area contributed by atoms with Crippen LogP contribution in [-0.2, 0) is 16.4 Å². The molecular formula is C22H22F2N4O2S. The van der Waals surface area contributed by atoms with Crippen LogP contribution in [0.25, 0.3) is 11.3 Å². The number of hydrogen-bond donors (Lipinski definition) is 2. The lowest BCUT2D eigenvalue weighted by Gasteiger charge is -2.19. The molecule has 2 atom stereocenters. The first kappa shape index (κ1) is 21.2. The zero-order valence-corrected chi connectivity index (χ0v) is 17.9. The molecule has 162 valence electrons. The van der Waals surface area contributed by atoms with Crippen molar-refractivity contribution in [2.45, 2.75) is 25.2 Å². The maximum absolute atomic E-state index is 14.6. The van der Waals surface area contributed by atoms with Crippen LogP contribution in [0.5, 0.6) is 11.5 Å². The Morgan fingerprint density at radius 1 is 1.23 bits per heavy atom. The molecule has 4 rings (SSSR count). The number of fused-ring (bicyclic) bond motifs is 6. The van der Waals surface area contributed by atoms with Crippen molar-refractivity contribution in [1.29, 1.82) is 4.78 Å². The molecule has 0 spiro atoms. The highest BCUT2D eigenvalue weighted by Crippen LogP contribution is 2.33. The van der Waals surface area contributed by atoms with E-state index in [0.29, 0.717) is 29.2 Å². The Kier molecular flexibility index (Phi) is 6.13. The van der Waals surface area contributed by atoms with E-state index in [1.54, 1.807) is 0 Å². The fourth-order valence-electron chi connectivity index (χ4n) is 3.32. The van der Waals surface area contributed by atoms with Crippen LogP contribution in [0.15, 0.2) is 42.6 Å². The van der Waals surface area contributed by atoms with Gasteiger partial charge in [0, 0.05) is 35.6 Å². The van der Waals surface area contributed by atoms with Gasteiger partial charge in [0.25, 0.3) is 0 Å². The van der Waals surface area contributed by atoms with Crippen molar-refractivity contribution < 1.29 is 18.3 Å². The Balaban J connectivity index is 1.81. The molecule has 2 N–H and O–H groups in total. The monoisotopic (exact) mass is 444 g/mol. The molecule has 2 heterocycles. The SMILES string of the molecule is C[C@H]1CCOc2cc(F)ccc2-c2nc(ncc2F)Nc2cc(C[S@](C)=N)cc(c2)O1. The second-order valence-electron chi connectivity index (χ2n) is 7.37. The van der Waals surface area contributed by atoms with Gasteiger partial charge in [-0.3, -0.25) is 4.78 Å². The van der Waals surface area contributed by atoms with Gasteiger partial charge in [-0.05, 0) is 43.0 Å². The van der Waals surface area contributed by atoms with E-state index in [4.69, 9.17) is 14.3 Å². The summed E-state index contributed by atoms with van der Waals surface area (Å²) in [6.07, 6.45) is 3.28. The fourth-order valence-corrected chi connectivity index (χ4v) is 3.98. The lowest BCUT2D eigenvalue weighted by Crippen LogP contribution is -2.16. The van der Waals surface area contributed by atoms with Crippen molar-refractivity contribution in [3.8, 4) is 22.8 Å². The average molecular weight is 445 g/mol. The second-order valence-corrected chi connectivity index (χ2v) is 8.93. The number of halogens is 2. The fraction of sp³-hybridized carbons (Fsp3) is 0.273. The number of ether oxygens (including phenoxy) is 2. The number of anilines is 2. The van der Waals surface area contributed by atoms with Crippen molar-refractivity contribution in [2.24, 2.45) is 0 Å². The number of rotatable bonds is 2. The highest BCUT2D eigenvalue weighted by atomic mass is 32.2. The predicted molar refractivity (Wildman–Crippen MR) is 117 cm³/mol. The van der Waals surface area contributed by atoms with Crippen molar-refractivity contribution in [2.75, 3.05) is 18.2 Å². The molecule has 31 heavy (non-hydrogen) atoms. The van der Waals surface area contributed by atoms with Gasteiger partial charge >= 0.3 is 0 Å². The highest BCUT2D eigenvalue weighted by molar-refractivity contribution is 7.84. The average Bonchev–Trinajstić information content (AvgIpc) is 2.68. The maximum Gasteiger partial charge on any atom is 0.227 e. The quantitative estimate of drug-likeness (QED) is 0.566. The van der Waals surface area contributed by atoms with Gasteiger partial charge in [-0.15, -0.1) is 10.7 Å². The second kappa shape index (κ2) is 8.97. The number of nitrogens with zero attached hydrogens (tertiary/aromatic N) is 2. The van der Waals surface area contributed by atoms with Crippen molar-refractivity contribution in [3.05, 3.63) is 59.8 Å². The Morgan fingerprint density at radius 3 is 2.87 bits per heavy atom. The van der Waals surface area contributed by atoms with Crippen molar-refractivity contribution in [3.63, 3.8) is 0 Å². The molecule has 1 aromatic heterocycles.